The monoisotopic (exact) mass is 379 g/mol. The summed E-state index contributed by atoms with van der Waals surface area (Å²) < 4.78 is 0. The maximum absolute atomic E-state index is 11.9. The number of halogens is 2. The second kappa shape index (κ2) is 12.9. The van der Waals surface area contributed by atoms with E-state index in [1.807, 2.05) is 17.8 Å². The molecule has 0 saturated carbocycles. The molecule has 23 heavy (non-hydrogen) atoms. The molecule has 1 fully saturated rings. The molecule has 132 valence electrons. The minimum absolute atomic E-state index is 0. The normalized spacial score (nSPS) is 17.0. The second-order valence-corrected chi connectivity index (χ2v) is 6.65. The number of hydrogen-bond acceptors (Lipinski definition) is 4. The number of likely N-dealkylation sites (N-methyl/N-ethyl adjacent to an activating group) is 1. The van der Waals surface area contributed by atoms with E-state index in [4.69, 9.17) is 0 Å². The maximum atomic E-state index is 11.9. The summed E-state index contributed by atoms with van der Waals surface area (Å²) in [6.07, 6.45) is 0.593. The third-order valence-electron chi connectivity index (χ3n) is 3.54. The first kappa shape index (κ1) is 22.5. The van der Waals surface area contributed by atoms with Crippen LogP contribution in [0, 0.1) is 0 Å². The van der Waals surface area contributed by atoms with Crippen molar-refractivity contribution < 1.29 is 4.79 Å². The van der Waals surface area contributed by atoms with E-state index < -0.39 is 0 Å². The lowest BCUT2D eigenvalue weighted by molar-refractivity contribution is -0.121. The van der Waals surface area contributed by atoms with Crippen molar-refractivity contribution in [3.63, 3.8) is 0 Å². The molecule has 1 aliphatic rings. The fraction of sp³-hybridized carbons (Fsp3) is 0.562. The van der Waals surface area contributed by atoms with Crippen LogP contribution in [0.4, 0.5) is 0 Å². The van der Waals surface area contributed by atoms with Crippen molar-refractivity contribution in [2.24, 2.45) is 0 Å². The highest BCUT2D eigenvalue weighted by atomic mass is 35.5. The van der Waals surface area contributed by atoms with E-state index in [1.165, 1.54) is 5.56 Å². The minimum Gasteiger partial charge on any atom is -0.355 e. The molecule has 2 rings (SSSR count). The fourth-order valence-electron chi connectivity index (χ4n) is 2.41. The first-order chi connectivity index (χ1) is 10.2. The zero-order valence-electron chi connectivity index (χ0n) is 13.5. The van der Waals surface area contributed by atoms with Crippen LogP contribution in [0.1, 0.15) is 12.0 Å². The predicted octanol–water partition coefficient (Wildman–Crippen LogP) is 2.17. The highest BCUT2D eigenvalue weighted by Gasteiger charge is 2.16. The third kappa shape index (κ3) is 9.42. The molecule has 1 atom stereocenters. The van der Waals surface area contributed by atoms with Crippen LogP contribution < -0.4 is 10.6 Å². The summed E-state index contributed by atoms with van der Waals surface area (Å²) in [5.74, 6) is 2.35. The third-order valence-corrected chi connectivity index (χ3v) is 4.67. The zero-order chi connectivity index (χ0) is 14.9. The maximum Gasteiger partial charge on any atom is 0.221 e. The summed E-state index contributed by atoms with van der Waals surface area (Å²) in [6, 6.07) is 10.7. The van der Waals surface area contributed by atoms with Gasteiger partial charge >= 0.3 is 0 Å². The highest BCUT2D eigenvalue weighted by molar-refractivity contribution is 7.99. The summed E-state index contributed by atoms with van der Waals surface area (Å²) in [6.45, 7) is 3.51. The van der Waals surface area contributed by atoms with Gasteiger partial charge in [0.05, 0.1) is 0 Å². The van der Waals surface area contributed by atoms with Gasteiger partial charge in [-0.25, -0.2) is 0 Å². The van der Waals surface area contributed by atoms with E-state index in [0.29, 0.717) is 19.0 Å². The zero-order valence-corrected chi connectivity index (χ0v) is 15.9. The van der Waals surface area contributed by atoms with Crippen molar-refractivity contribution in [2.75, 3.05) is 38.2 Å². The van der Waals surface area contributed by atoms with Gasteiger partial charge in [0.15, 0.2) is 0 Å². The highest BCUT2D eigenvalue weighted by Crippen LogP contribution is 2.09. The van der Waals surface area contributed by atoms with Crippen LogP contribution >= 0.6 is 36.6 Å². The number of carbonyl (C=O) groups is 1. The van der Waals surface area contributed by atoms with Gasteiger partial charge in [-0.2, -0.15) is 11.8 Å². The van der Waals surface area contributed by atoms with E-state index in [-0.39, 0.29) is 30.7 Å². The van der Waals surface area contributed by atoms with Gasteiger partial charge in [0.2, 0.25) is 5.91 Å². The lowest BCUT2D eigenvalue weighted by Crippen LogP contribution is -2.42. The Kier molecular flexibility index (Phi) is 12.6. The van der Waals surface area contributed by atoms with Crippen molar-refractivity contribution >= 4 is 42.5 Å². The molecule has 4 nitrogen and oxygen atoms in total. The van der Waals surface area contributed by atoms with Crippen LogP contribution in [-0.4, -0.2) is 55.0 Å². The van der Waals surface area contributed by atoms with Gasteiger partial charge in [-0.15, -0.1) is 24.8 Å². The Morgan fingerprint density at radius 1 is 1.35 bits per heavy atom. The largest absolute Gasteiger partial charge is 0.355 e. The number of rotatable bonds is 7. The average molecular weight is 380 g/mol. The lowest BCUT2D eigenvalue weighted by Gasteiger charge is -2.23. The molecule has 0 aromatic heterocycles. The van der Waals surface area contributed by atoms with Crippen LogP contribution in [-0.2, 0) is 11.3 Å². The smallest absolute Gasteiger partial charge is 0.221 e. The summed E-state index contributed by atoms with van der Waals surface area (Å²) in [5.41, 5.74) is 1.30. The van der Waals surface area contributed by atoms with Gasteiger partial charge in [-0.1, -0.05) is 30.3 Å². The molecule has 1 aliphatic heterocycles. The Labute approximate surface area is 156 Å². The minimum atomic E-state index is 0. The first-order valence-corrected chi connectivity index (χ1v) is 8.70. The number of hydrogen-bond donors (Lipinski definition) is 2. The number of amides is 1. The van der Waals surface area contributed by atoms with Crippen molar-refractivity contribution in [1.29, 1.82) is 0 Å². The van der Waals surface area contributed by atoms with Crippen molar-refractivity contribution in [1.82, 2.24) is 15.5 Å². The molecular weight excluding hydrogens is 353 g/mol. The average Bonchev–Trinajstić information content (AvgIpc) is 2.49. The molecule has 1 aromatic rings. The molecule has 2 N–H and O–H groups in total. The van der Waals surface area contributed by atoms with E-state index in [9.17, 15) is 4.79 Å². The number of nitrogens with zero attached hydrogens (tertiary/aromatic N) is 1. The Hall–Kier alpha value is -0.460. The van der Waals surface area contributed by atoms with Crippen molar-refractivity contribution in [3.05, 3.63) is 35.9 Å². The van der Waals surface area contributed by atoms with Gasteiger partial charge in [0.1, 0.15) is 0 Å². The Balaban J connectivity index is 0.00000242. The Morgan fingerprint density at radius 2 is 2.09 bits per heavy atom. The molecule has 0 spiro atoms. The number of thioether (sulfide) groups is 1. The van der Waals surface area contributed by atoms with E-state index in [0.717, 1.165) is 31.1 Å². The first-order valence-electron chi connectivity index (χ1n) is 7.54. The molecule has 1 aromatic carbocycles. The number of benzene rings is 1. The van der Waals surface area contributed by atoms with Crippen LogP contribution in [0.25, 0.3) is 0 Å². The predicted molar refractivity (Wildman–Crippen MR) is 104 cm³/mol. The van der Waals surface area contributed by atoms with Crippen LogP contribution in [0.5, 0.6) is 0 Å². The molecule has 0 bridgehead atoms. The molecule has 0 radical (unpaired) electrons. The summed E-state index contributed by atoms with van der Waals surface area (Å²) in [4.78, 5) is 14.1. The molecule has 7 heteroatoms. The molecular formula is C16H27Cl2N3OS. The van der Waals surface area contributed by atoms with E-state index >= 15 is 0 Å². The number of carbonyl (C=O) groups excluding carboxylic acids is 1. The summed E-state index contributed by atoms with van der Waals surface area (Å²) >= 11 is 1.92. The van der Waals surface area contributed by atoms with E-state index in [1.54, 1.807) is 0 Å². The Morgan fingerprint density at radius 3 is 2.74 bits per heavy atom. The van der Waals surface area contributed by atoms with Gasteiger partial charge in [-0.05, 0) is 12.6 Å². The van der Waals surface area contributed by atoms with Gasteiger partial charge < -0.3 is 15.5 Å². The standard InChI is InChI=1S/C16H25N3OS.2ClH/c1-19(12-14-5-3-2-4-6-14)9-7-18-16(20)11-15-13-21-10-8-17-15;;/h2-6,15,17H,7-13H2,1H3,(H,18,20);2*1H. The summed E-state index contributed by atoms with van der Waals surface area (Å²) in [7, 11) is 2.08. The second-order valence-electron chi connectivity index (χ2n) is 5.50. The van der Waals surface area contributed by atoms with Crippen LogP contribution in [0.3, 0.4) is 0 Å². The number of nitrogens with one attached hydrogen (secondary N) is 2. The lowest BCUT2D eigenvalue weighted by atomic mass is 10.2. The fourth-order valence-corrected chi connectivity index (χ4v) is 3.36. The molecule has 0 aliphatic carbocycles. The molecule has 1 saturated heterocycles. The molecule has 1 heterocycles. The molecule has 1 amide bonds. The van der Waals surface area contributed by atoms with E-state index in [2.05, 4.69) is 46.8 Å². The van der Waals surface area contributed by atoms with Gasteiger partial charge in [0.25, 0.3) is 0 Å². The topological polar surface area (TPSA) is 44.4 Å². The van der Waals surface area contributed by atoms with Gasteiger partial charge in [0, 0.05) is 50.1 Å². The SMILES string of the molecule is CN(CCNC(=O)CC1CSCCN1)Cc1ccccc1.Cl.Cl. The molecule has 1 unspecified atom stereocenters. The summed E-state index contributed by atoms with van der Waals surface area (Å²) in [5, 5.41) is 6.41. The van der Waals surface area contributed by atoms with Crippen molar-refractivity contribution in [3.8, 4) is 0 Å². The Bertz CT molecular complexity index is 431. The quantitative estimate of drug-likeness (QED) is 0.761. The van der Waals surface area contributed by atoms with Crippen LogP contribution in [0.15, 0.2) is 30.3 Å². The van der Waals surface area contributed by atoms with Crippen LogP contribution in [0.2, 0.25) is 0 Å². The van der Waals surface area contributed by atoms with Crippen molar-refractivity contribution in [2.45, 2.75) is 19.0 Å². The van der Waals surface area contributed by atoms with Gasteiger partial charge in [-0.3, -0.25) is 4.79 Å².